The highest BCUT2D eigenvalue weighted by Gasteiger charge is 2.79. The summed E-state index contributed by atoms with van der Waals surface area (Å²) in [5.41, 5.74) is -6.09. The molecule has 4 rings (SSSR count). The van der Waals surface area contributed by atoms with Crippen LogP contribution in [-0.4, -0.2) is 56.3 Å². The van der Waals surface area contributed by atoms with Gasteiger partial charge in [0.2, 0.25) is 0 Å². The van der Waals surface area contributed by atoms with Crippen LogP contribution in [0.4, 0.5) is 4.39 Å². The number of hydrogen-bond donors (Lipinski definition) is 4. The molecule has 0 heterocycles. The lowest BCUT2D eigenvalue weighted by atomic mass is 9.39. The Kier molecular flexibility index (Phi) is 4.38. The molecule has 0 bridgehead atoms. The molecule has 2 unspecified atom stereocenters. The molecular weight excluding hydrogens is 375 g/mol. The van der Waals surface area contributed by atoms with Crippen molar-refractivity contribution in [2.24, 2.45) is 28.1 Å². The number of fused-ring (bicyclic) bond motifs is 5. The Balaban J connectivity index is 1.89. The lowest BCUT2D eigenvalue weighted by Gasteiger charge is -2.67. The van der Waals surface area contributed by atoms with Crippen molar-refractivity contribution >= 4 is 5.78 Å². The van der Waals surface area contributed by atoms with E-state index in [1.54, 1.807) is 39.0 Å². The molecule has 0 amide bonds. The van der Waals surface area contributed by atoms with Crippen molar-refractivity contribution in [1.29, 1.82) is 0 Å². The van der Waals surface area contributed by atoms with Gasteiger partial charge >= 0.3 is 0 Å². The molecule has 5 nitrogen and oxygen atoms in total. The van der Waals surface area contributed by atoms with Gasteiger partial charge in [0.25, 0.3) is 0 Å². The lowest BCUT2D eigenvalue weighted by molar-refractivity contribution is -0.255. The summed E-state index contributed by atoms with van der Waals surface area (Å²) >= 11 is 0. The third-order valence-corrected chi connectivity index (χ3v) is 9.52. The lowest BCUT2D eigenvalue weighted by Crippen LogP contribution is -2.73. The Morgan fingerprint density at radius 1 is 1.24 bits per heavy atom. The Hall–Kier alpha value is -1.08. The second-order valence-electron chi connectivity index (χ2n) is 10.5. The number of ketones is 1. The maximum absolute atomic E-state index is 17.3. The normalized spacial score (nSPS) is 56.2. The van der Waals surface area contributed by atoms with Crippen LogP contribution in [0.2, 0.25) is 0 Å². The highest BCUT2D eigenvalue weighted by atomic mass is 19.1. The van der Waals surface area contributed by atoms with E-state index >= 15 is 4.39 Å². The molecule has 4 N–H and O–H groups in total. The predicted molar refractivity (Wildman–Crippen MR) is 106 cm³/mol. The summed E-state index contributed by atoms with van der Waals surface area (Å²) in [4.78, 5) is 12.7. The molecule has 0 aromatic heterocycles. The van der Waals surface area contributed by atoms with Gasteiger partial charge in [-0.1, -0.05) is 44.6 Å². The van der Waals surface area contributed by atoms with Crippen LogP contribution in [0.5, 0.6) is 0 Å². The minimum absolute atomic E-state index is 0.0599. The van der Waals surface area contributed by atoms with Gasteiger partial charge in [0, 0.05) is 16.2 Å². The molecule has 0 radical (unpaired) electrons. The first-order valence-electron chi connectivity index (χ1n) is 10.6. The van der Waals surface area contributed by atoms with E-state index < -0.39 is 58.0 Å². The molecule has 29 heavy (non-hydrogen) atoms. The minimum Gasteiger partial charge on any atom is -0.390 e. The monoisotopic (exact) mass is 408 g/mol. The van der Waals surface area contributed by atoms with Gasteiger partial charge in [-0.05, 0) is 44.4 Å². The van der Waals surface area contributed by atoms with E-state index in [0.29, 0.717) is 19.3 Å². The average molecular weight is 409 g/mol. The summed E-state index contributed by atoms with van der Waals surface area (Å²) in [5, 5.41) is 42.4. The SMILES string of the molecule is C[C@@H]1C[C@H]2C3(C)CCC4=CC(O)C=C[C@]4(C)[C@@]3(F)[C@@H](O)C[C@]2(C)[C@@]1(O)C(=O)CO. The van der Waals surface area contributed by atoms with Crippen molar-refractivity contribution in [1.82, 2.24) is 0 Å². The first-order valence-corrected chi connectivity index (χ1v) is 10.6. The topological polar surface area (TPSA) is 98.0 Å². The van der Waals surface area contributed by atoms with Crippen molar-refractivity contribution in [2.45, 2.75) is 76.9 Å². The van der Waals surface area contributed by atoms with Crippen LogP contribution in [0.3, 0.4) is 0 Å². The van der Waals surface area contributed by atoms with Gasteiger partial charge in [0.05, 0.1) is 12.2 Å². The molecule has 0 spiro atoms. The zero-order chi connectivity index (χ0) is 21.6. The molecule has 0 saturated heterocycles. The van der Waals surface area contributed by atoms with Gasteiger partial charge in [-0.2, -0.15) is 0 Å². The Morgan fingerprint density at radius 3 is 2.52 bits per heavy atom. The maximum Gasteiger partial charge on any atom is 0.190 e. The van der Waals surface area contributed by atoms with E-state index in [1.165, 1.54) is 0 Å². The van der Waals surface area contributed by atoms with Gasteiger partial charge in [-0.15, -0.1) is 0 Å². The van der Waals surface area contributed by atoms with Gasteiger partial charge in [0.15, 0.2) is 11.5 Å². The average Bonchev–Trinajstić information content (AvgIpc) is 2.87. The maximum atomic E-state index is 17.3. The molecular formula is C23H33FO5. The van der Waals surface area contributed by atoms with E-state index in [0.717, 1.165) is 5.57 Å². The molecule has 0 aliphatic heterocycles. The quantitative estimate of drug-likeness (QED) is 0.525. The van der Waals surface area contributed by atoms with Crippen LogP contribution in [0.25, 0.3) is 0 Å². The number of halogens is 1. The first-order chi connectivity index (χ1) is 13.3. The second kappa shape index (κ2) is 6.00. The summed E-state index contributed by atoms with van der Waals surface area (Å²) in [6, 6.07) is 0. The molecule has 0 aromatic carbocycles. The van der Waals surface area contributed by atoms with Crippen LogP contribution in [0, 0.1) is 28.1 Å². The zero-order valence-corrected chi connectivity index (χ0v) is 17.7. The van der Waals surface area contributed by atoms with Crippen molar-refractivity contribution in [3.05, 3.63) is 23.8 Å². The van der Waals surface area contributed by atoms with E-state index in [2.05, 4.69) is 0 Å². The number of aliphatic hydroxyl groups excluding tert-OH is 3. The van der Waals surface area contributed by atoms with Gasteiger partial charge < -0.3 is 20.4 Å². The van der Waals surface area contributed by atoms with E-state index in [9.17, 15) is 25.2 Å². The highest BCUT2D eigenvalue weighted by Crippen LogP contribution is 2.75. The molecule has 4 aliphatic carbocycles. The van der Waals surface area contributed by atoms with Crippen LogP contribution in [-0.2, 0) is 4.79 Å². The summed E-state index contributed by atoms with van der Waals surface area (Å²) in [6.45, 7) is 6.41. The van der Waals surface area contributed by atoms with Crippen molar-refractivity contribution in [2.75, 3.05) is 6.61 Å². The summed E-state index contributed by atoms with van der Waals surface area (Å²) < 4.78 is 17.3. The van der Waals surface area contributed by atoms with Crippen LogP contribution in [0.15, 0.2) is 23.8 Å². The molecule has 162 valence electrons. The number of alkyl halides is 1. The fourth-order valence-corrected chi connectivity index (χ4v) is 7.98. The molecule has 9 atom stereocenters. The van der Waals surface area contributed by atoms with Crippen LogP contribution in [0.1, 0.15) is 53.4 Å². The molecule has 3 fully saturated rings. The third-order valence-electron chi connectivity index (χ3n) is 9.52. The number of hydrogen-bond acceptors (Lipinski definition) is 5. The van der Waals surface area contributed by atoms with E-state index in [1.807, 2.05) is 6.92 Å². The van der Waals surface area contributed by atoms with E-state index in [4.69, 9.17) is 0 Å². The van der Waals surface area contributed by atoms with Gasteiger partial charge in [0.1, 0.15) is 12.2 Å². The largest absolute Gasteiger partial charge is 0.390 e. The second-order valence-corrected chi connectivity index (χ2v) is 10.5. The number of carbonyl (C=O) groups is 1. The Labute approximate surface area is 171 Å². The van der Waals surface area contributed by atoms with Crippen molar-refractivity contribution in [3.8, 4) is 0 Å². The summed E-state index contributed by atoms with van der Waals surface area (Å²) in [5.74, 6) is -1.44. The summed E-state index contributed by atoms with van der Waals surface area (Å²) in [7, 11) is 0. The zero-order valence-electron chi connectivity index (χ0n) is 17.7. The third kappa shape index (κ3) is 2.11. The molecule has 0 aromatic rings. The minimum atomic E-state index is -2.00. The fraction of sp³-hybridized carbons (Fsp3) is 0.783. The number of aliphatic hydroxyl groups is 4. The number of Topliss-reactive ketones (excluding diaryl/α,β-unsaturated/α-hetero) is 1. The van der Waals surface area contributed by atoms with Gasteiger partial charge in [-0.3, -0.25) is 4.79 Å². The highest BCUT2D eigenvalue weighted by molar-refractivity contribution is 5.90. The molecule has 4 aliphatic rings. The fourth-order valence-electron chi connectivity index (χ4n) is 7.98. The molecule has 6 heteroatoms. The summed E-state index contributed by atoms with van der Waals surface area (Å²) in [6.07, 6.45) is 4.23. The molecule has 3 saturated carbocycles. The van der Waals surface area contributed by atoms with Crippen molar-refractivity contribution in [3.63, 3.8) is 0 Å². The standard InChI is InChI=1S/C23H33FO5/c1-13-9-16-20(3)7-5-14-10-15(26)6-8-19(14,2)23(20,24)17(27)11-21(16,4)22(13,29)18(28)12-25/h6,8,10,13,15-17,25-27,29H,5,7,9,11-12H2,1-4H3/t13-,15?,16+,17+,19+,20?,21+,22+,23+/m1/s1. The van der Waals surface area contributed by atoms with Gasteiger partial charge in [-0.25, -0.2) is 4.39 Å². The smallest absolute Gasteiger partial charge is 0.190 e. The van der Waals surface area contributed by atoms with E-state index in [-0.39, 0.29) is 12.3 Å². The Bertz CT molecular complexity index is 809. The number of carbonyl (C=O) groups excluding carboxylic acids is 1. The van der Waals surface area contributed by atoms with Crippen LogP contribution >= 0.6 is 0 Å². The number of rotatable bonds is 2. The van der Waals surface area contributed by atoms with Crippen LogP contribution < -0.4 is 0 Å². The Morgan fingerprint density at radius 2 is 1.90 bits per heavy atom. The first kappa shape index (κ1) is 21.2. The predicted octanol–water partition coefficient (Wildman–Crippen LogP) is 2.08. The number of allylic oxidation sites excluding steroid dienone is 2. The van der Waals surface area contributed by atoms with Crippen molar-refractivity contribution < 1.29 is 29.6 Å².